The maximum atomic E-state index is 5.43. The van der Waals surface area contributed by atoms with E-state index in [1.54, 1.807) is 17.1 Å². The van der Waals surface area contributed by atoms with Crippen molar-refractivity contribution in [2.45, 2.75) is 18.9 Å². The van der Waals surface area contributed by atoms with Gasteiger partial charge in [-0.15, -0.1) is 0 Å². The fraction of sp³-hybridized carbons (Fsp3) is 0.312. The van der Waals surface area contributed by atoms with Gasteiger partial charge in [0.25, 0.3) is 0 Å². The van der Waals surface area contributed by atoms with Gasteiger partial charge in [-0.1, -0.05) is 18.7 Å². The minimum Gasteiger partial charge on any atom is -0.381 e. The van der Waals surface area contributed by atoms with Gasteiger partial charge >= 0.3 is 0 Å². The normalized spacial score (nSPS) is 18.1. The first-order chi connectivity index (χ1) is 9.86. The summed E-state index contributed by atoms with van der Waals surface area (Å²) in [6.45, 7) is 6.21. The molecule has 104 valence electrons. The summed E-state index contributed by atoms with van der Waals surface area (Å²) in [4.78, 5) is 0. The molecule has 0 radical (unpaired) electrons. The van der Waals surface area contributed by atoms with Crippen LogP contribution in [0.2, 0.25) is 0 Å². The number of aromatic nitrogens is 2. The minimum absolute atomic E-state index is 0.561. The van der Waals surface area contributed by atoms with Crippen molar-refractivity contribution in [2.75, 3.05) is 18.5 Å². The van der Waals surface area contributed by atoms with Crippen molar-refractivity contribution in [1.82, 2.24) is 9.78 Å². The smallest absolute Gasteiger partial charge is 0.0626 e. The number of hydrogen-bond acceptors (Lipinski definition) is 3. The van der Waals surface area contributed by atoms with E-state index in [9.17, 15) is 0 Å². The van der Waals surface area contributed by atoms with Crippen molar-refractivity contribution >= 4 is 11.9 Å². The zero-order chi connectivity index (χ0) is 13.8. The van der Waals surface area contributed by atoms with Crippen LogP contribution in [-0.2, 0) is 11.3 Å². The average molecular weight is 269 g/mol. The number of nitrogens with one attached hydrogen (secondary N) is 1. The van der Waals surface area contributed by atoms with Crippen LogP contribution in [0.1, 0.15) is 23.6 Å². The lowest BCUT2D eigenvalue weighted by Crippen LogP contribution is -2.05. The van der Waals surface area contributed by atoms with Gasteiger partial charge in [0.15, 0.2) is 0 Å². The third kappa shape index (κ3) is 2.75. The third-order valence-corrected chi connectivity index (χ3v) is 3.71. The van der Waals surface area contributed by atoms with E-state index in [1.165, 1.54) is 5.56 Å². The Bertz CT molecular complexity index is 568. The lowest BCUT2D eigenvalue weighted by atomic mass is 9.98. The zero-order valence-corrected chi connectivity index (χ0v) is 11.5. The first kappa shape index (κ1) is 12.9. The first-order valence-electron chi connectivity index (χ1n) is 6.93. The number of rotatable bonds is 5. The molecule has 0 aliphatic carbocycles. The summed E-state index contributed by atoms with van der Waals surface area (Å²) in [5.74, 6) is 0.561. The van der Waals surface area contributed by atoms with E-state index in [-0.39, 0.29) is 0 Å². The van der Waals surface area contributed by atoms with Crippen molar-refractivity contribution in [3.8, 4) is 0 Å². The molecule has 0 amide bonds. The Labute approximate surface area is 119 Å². The van der Waals surface area contributed by atoms with Crippen LogP contribution in [0, 0.1) is 0 Å². The molecule has 0 saturated carbocycles. The molecule has 2 aromatic rings. The molecule has 1 N–H and O–H groups in total. The van der Waals surface area contributed by atoms with Crippen molar-refractivity contribution < 1.29 is 4.74 Å². The second-order valence-corrected chi connectivity index (χ2v) is 4.99. The highest BCUT2D eigenvalue weighted by atomic mass is 16.5. The van der Waals surface area contributed by atoms with E-state index >= 15 is 0 Å². The van der Waals surface area contributed by atoms with Crippen molar-refractivity contribution in [2.24, 2.45) is 0 Å². The molecule has 1 fully saturated rings. The van der Waals surface area contributed by atoms with Gasteiger partial charge in [-0.05, 0) is 30.2 Å². The molecule has 1 saturated heterocycles. The lowest BCUT2D eigenvalue weighted by molar-refractivity contribution is 0.194. The summed E-state index contributed by atoms with van der Waals surface area (Å²) in [5.41, 5.74) is 3.57. The van der Waals surface area contributed by atoms with E-state index < -0.39 is 0 Å². The fourth-order valence-electron chi connectivity index (χ4n) is 2.51. The Morgan fingerprint density at radius 2 is 2.20 bits per heavy atom. The number of benzene rings is 1. The van der Waals surface area contributed by atoms with Crippen molar-refractivity contribution in [3.63, 3.8) is 0 Å². The summed E-state index contributed by atoms with van der Waals surface area (Å²) in [5, 5.41) is 7.56. The SMILES string of the molecule is C=Cn1nccc1CNc1ccc(C2CCOC2)cc1. The van der Waals surface area contributed by atoms with E-state index in [1.807, 2.05) is 6.07 Å². The van der Waals surface area contributed by atoms with E-state index in [2.05, 4.69) is 41.3 Å². The van der Waals surface area contributed by atoms with Crippen LogP contribution in [0.4, 0.5) is 5.69 Å². The van der Waals surface area contributed by atoms with Crippen LogP contribution in [-0.4, -0.2) is 23.0 Å². The molecule has 1 aliphatic rings. The van der Waals surface area contributed by atoms with Crippen LogP contribution in [0.3, 0.4) is 0 Å². The Morgan fingerprint density at radius 1 is 1.35 bits per heavy atom. The highest BCUT2D eigenvalue weighted by molar-refractivity contribution is 5.45. The Hall–Kier alpha value is -2.07. The van der Waals surface area contributed by atoms with Crippen molar-refractivity contribution in [3.05, 3.63) is 54.4 Å². The summed E-state index contributed by atoms with van der Waals surface area (Å²) < 4.78 is 7.20. The molecule has 1 aromatic carbocycles. The van der Waals surface area contributed by atoms with Gasteiger partial charge in [0.2, 0.25) is 0 Å². The first-order valence-corrected chi connectivity index (χ1v) is 6.93. The highest BCUT2D eigenvalue weighted by Gasteiger charge is 2.17. The molecule has 3 rings (SSSR count). The summed E-state index contributed by atoms with van der Waals surface area (Å²) >= 11 is 0. The molecule has 0 bridgehead atoms. The fourth-order valence-corrected chi connectivity index (χ4v) is 2.51. The van der Waals surface area contributed by atoms with Crippen LogP contribution >= 0.6 is 0 Å². The van der Waals surface area contributed by atoms with Gasteiger partial charge in [0.1, 0.15) is 0 Å². The topological polar surface area (TPSA) is 39.1 Å². The Morgan fingerprint density at radius 3 is 2.90 bits per heavy atom. The van der Waals surface area contributed by atoms with Gasteiger partial charge in [-0.2, -0.15) is 5.10 Å². The second kappa shape index (κ2) is 5.92. The van der Waals surface area contributed by atoms with E-state index in [0.29, 0.717) is 5.92 Å². The molecular formula is C16H19N3O. The monoisotopic (exact) mass is 269 g/mol. The number of hydrogen-bond donors (Lipinski definition) is 1. The third-order valence-electron chi connectivity index (χ3n) is 3.71. The van der Waals surface area contributed by atoms with Crippen LogP contribution in [0.25, 0.3) is 6.20 Å². The predicted octanol–water partition coefficient (Wildman–Crippen LogP) is 3.10. The molecule has 4 nitrogen and oxygen atoms in total. The molecule has 1 aromatic heterocycles. The minimum atomic E-state index is 0.561. The number of nitrogens with zero attached hydrogens (tertiary/aromatic N) is 2. The quantitative estimate of drug-likeness (QED) is 0.906. The van der Waals surface area contributed by atoms with Crippen LogP contribution < -0.4 is 5.32 Å². The van der Waals surface area contributed by atoms with Crippen molar-refractivity contribution in [1.29, 1.82) is 0 Å². The molecule has 1 unspecified atom stereocenters. The van der Waals surface area contributed by atoms with E-state index in [0.717, 1.165) is 37.6 Å². The van der Waals surface area contributed by atoms with Crippen LogP contribution in [0.15, 0.2) is 43.1 Å². The predicted molar refractivity (Wildman–Crippen MR) is 80.6 cm³/mol. The largest absolute Gasteiger partial charge is 0.381 e. The molecule has 1 aliphatic heterocycles. The molecule has 2 heterocycles. The molecule has 4 heteroatoms. The molecule has 1 atom stereocenters. The van der Waals surface area contributed by atoms with Gasteiger partial charge in [0.05, 0.1) is 18.8 Å². The average Bonchev–Trinajstić information content (AvgIpc) is 3.16. The number of ether oxygens (including phenoxy) is 1. The zero-order valence-electron chi connectivity index (χ0n) is 11.5. The summed E-state index contributed by atoms with van der Waals surface area (Å²) in [6.07, 6.45) is 4.62. The standard InChI is InChI=1S/C16H19N3O/c1-2-19-16(7-9-18-19)11-17-15-5-3-13(4-6-15)14-8-10-20-12-14/h2-7,9,14,17H,1,8,10-12H2. The summed E-state index contributed by atoms with van der Waals surface area (Å²) in [6, 6.07) is 10.6. The van der Waals surface area contributed by atoms with Gasteiger partial charge in [-0.25, -0.2) is 4.68 Å². The van der Waals surface area contributed by atoms with Crippen LogP contribution in [0.5, 0.6) is 0 Å². The van der Waals surface area contributed by atoms with E-state index in [4.69, 9.17) is 4.74 Å². The van der Waals surface area contributed by atoms with Gasteiger partial charge < -0.3 is 10.1 Å². The Kier molecular flexibility index (Phi) is 3.83. The molecular weight excluding hydrogens is 250 g/mol. The Balaban J connectivity index is 1.62. The summed E-state index contributed by atoms with van der Waals surface area (Å²) in [7, 11) is 0. The maximum Gasteiger partial charge on any atom is 0.0626 e. The second-order valence-electron chi connectivity index (χ2n) is 4.99. The molecule has 0 spiro atoms. The maximum absolute atomic E-state index is 5.43. The lowest BCUT2D eigenvalue weighted by Gasteiger charge is -2.10. The molecule has 20 heavy (non-hydrogen) atoms. The highest BCUT2D eigenvalue weighted by Crippen LogP contribution is 2.26. The number of anilines is 1. The van der Waals surface area contributed by atoms with Gasteiger partial charge in [0, 0.05) is 30.6 Å². The van der Waals surface area contributed by atoms with Gasteiger partial charge in [-0.3, -0.25) is 0 Å².